The van der Waals surface area contributed by atoms with Gasteiger partial charge >= 0.3 is 0 Å². The summed E-state index contributed by atoms with van der Waals surface area (Å²) in [5.41, 5.74) is 1.04. The maximum absolute atomic E-state index is 12.0. The third-order valence-corrected chi connectivity index (χ3v) is 5.67. The molecule has 0 aliphatic carbocycles. The topological polar surface area (TPSA) is 59.8 Å². The second kappa shape index (κ2) is 8.70. The Labute approximate surface area is 153 Å². The SMILES string of the molecule is CCC(Br)C(=O)Nc1nnc(SCc2ccccc2Cl)n1CC. The van der Waals surface area contributed by atoms with Crippen molar-refractivity contribution in [1.82, 2.24) is 14.8 Å². The predicted octanol–water partition coefficient (Wildman–Crippen LogP) is 4.36. The average molecular weight is 418 g/mol. The summed E-state index contributed by atoms with van der Waals surface area (Å²) >= 11 is 11.0. The van der Waals surface area contributed by atoms with Crippen LogP contribution in [-0.2, 0) is 17.1 Å². The summed E-state index contributed by atoms with van der Waals surface area (Å²) < 4.78 is 1.88. The minimum Gasteiger partial charge on any atom is -0.294 e. The van der Waals surface area contributed by atoms with Crippen LogP contribution in [0.5, 0.6) is 0 Å². The lowest BCUT2D eigenvalue weighted by molar-refractivity contribution is -0.115. The Bertz CT molecular complexity index is 679. The number of rotatable bonds is 7. The van der Waals surface area contributed by atoms with Crippen molar-refractivity contribution >= 4 is 51.1 Å². The number of nitrogens with zero attached hydrogens (tertiary/aromatic N) is 3. The van der Waals surface area contributed by atoms with Gasteiger partial charge in [-0.2, -0.15) is 0 Å². The molecular formula is C15H18BrClN4OS. The third kappa shape index (κ3) is 4.71. The number of anilines is 1. The summed E-state index contributed by atoms with van der Waals surface area (Å²) in [5, 5.41) is 12.6. The van der Waals surface area contributed by atoms with Gasteiger partial charge in [-0.1, -0.05) is 64.4 Å². The lowest BCUT2D eigenvalue weighted by atomic mass is 10.2. The number of hydrogen-bond donors (Lipinski definition) is 1. The van der Waals surface area contributed by atoms with Crippen molar-refractivity contribution in [3.63, 3.8) is 0 Å². The molecule has 1 aromatic heterocycles. The minimum absolute atomic E-state index is 0.114. The molecule has 0 aliphatic heterocycles. The van der Waals surface area contributed by atoms with Crippen molar-refractivity contribution in [2.75, 3.05) is 5.32 Å². The van der Waals surface area contributed by atoms with E-state index < -0.39 is 0 Å². The molecule has 0 radical (unpaired) electrons. The average Bonchev–Trinajstić information content (AvgIpc) is 2.94. The number of carbonyl (C=O) groups is 1. The van der Waals surface area contributed by atoms with Crippen LogP contribution in [0.1, 0.15) is 25.8 Å². The van der Waals surface area contributed by atoms with Crippen LogP contribution in [0.4, 0.5) is 5.95 Å². The smallest absolute Gasteiger partial charge is 0.240 e. The van der Waals surface area contributed by atoms with Crippen molar-refractivity contribution in [3.8, 4) is 0 Å². The molecule has 1 aromatic carbocycles. The summed E-state index contributed by atoms with van der Waals surface area (Å²) in [7, 11) is 0. The highest BCUT2D eigenvalue weighted by molar-refractivity contribution is 9.10. The second-order valence-electron chi connectivity index (χ2n) is 4.80. The molecule has 0 bridgehead atoms. The Morgan fingerprint density at radius 2 is 2.13 bits per heavy atom. The van der Waals surface area contributed by atoms with E-state index in [1.165, 1.54) is 0 Å². The predicted molar refractivity (Wildman–Crippen MR) is 98.3 cm³/mol. The molecule has 8 heteroatoms. The molecule has 5 nitrogen and oxygen atoms in total. The first kappa shape index (κ1) is 18.3. The standard InChI is InChI=1S/C15H18BrClN4OS/c1-3-11(16)13(22)18-14-19-20-15(21(14)4-2)23-9-10-7-5-6-8-12(10)17/h5-8,11H,3-4,9H2,1-2H3,(H,18,19,22). The van der Waals surface area contributed by atoms with Gasteiger partial charge in [-0.25, -0.2) is 0 Å². The van der Waals surface area contributed by atoms with Gasteiger partial charge in [0, 0.05) is 17.3 Å². The molecular weight excluding hydrogens is 400 g/mol. The maximum Gasteiger partial charge on any atom is 0.240 e. The third-order valence-electron chi connectivity index (χ3n) is 3.23. The highest BCUT2D eigenvalue weighted by Gasteiger charge is 2.18. The van der Waals surface area contributed by atoms with E-state index in [4.69, 9.17) is 11.6 Å². The number of thioether (sulfide) groups is 1. The number of benzene rings is 1. The fraction of sp³-hybridized carbons (Fsp3) is 0.400. The first-order valence-electron chi connectivity index (χ1n) is 7.31. The number of alkyl halides is 1. The Morgan fingerprint density at radius 1 is 1.39 bits per heavy atom. The zero-order valence-corrected chi connectivity index (χ0v) is 16.1. The molecule has 23 heavy (non-hydrogen) atoms. The Morgan fingerprint density at radius 3 is 2.78 bits per heavy atom. The Balaban J connectivity index is 2.09. The summed E-state index contributed by atoms with van der Waals surface area (Å²) in [5.74, 6) is 1.05. The van der Waals surface area contributed by atoms with E-state index in [0.717, 1.165) is 15.7 Å². The zero-order chi connectivity index (χ0) is 16.8. The van der Waals surface area contributed by atoms with Gasteiger partial charge in [0.05, 0.1) is 4.83 Å². The molecule has 0 aliphatic rings. The van der Waals surface area contributed by atoms with Crippen LogP contribution in [0.2, 0.25) is 5.02 Å². The van der Waals surface area contributed by atoms with Gasteiger partial charge in [0.15, 0.2) is 5.16 Å². The Hall–Kier alpha value is -1.05. The number of aromatic nitrogens is 3. The lowest BCUT2D eigenvalue weighted by Gasteiger charge is -2.10. The van der Waals surface area contributed by atoms with Crippen LogP contribution in [0.25, 0.3) is 0 Å². The van der Waals surface area contributed by atoms with Gasteiger partial charge in [-0.3, -0.25) is 14.7 Å². The van der Waals surface area contributed by atoms with Crippen LogP contribution in [0, 0.1) is 0 Å². The molecule has 0 spiro atoms. The van der Waals surface area contributed by atoms with Crippen molar-refractivity contribution in [2.24, 2.45) is 0 Å². The molecule has 1 atom stereocenters. The first-order chi connectivity index (χ1) is 11.1. The number of hydrogen-bond acceptors (Lipinski definition) is 4. The number of amides is 1. The molecule has 1 unspecified atom stereocenters. The van der Waals surface area contributed by atoms with Crippen LogP contribution < -0.4 is 5.32 Å². The van der Waals surface area contributed by atoms with Crippen LogP contribution >= 0.6 is 39.3 Å². The van der Waals surface area contributed by atoms with Gasteiger partial charge in [-0.15, -0.1) is 10.2 Å². The van der Waals surface area contributed by atoms with Crippen molar-refractivity contribution < 1.29 is 4.79 Å². The largest absolute Gasteiger partial charge is 0.294 e. The zero-order valence-electron chi connectivity index (χ0n) is 12.9. The lowest BCUT2D eigenvalue weighted by Crippen LogP contribution is -2.24. The van der Waals surface area contributed by atoms with E-state index in [2.05, 4.69) is 31.4 Å². The fourth-order valence-corrected chi connectivity index (χ4v) is 3.31. The van der Waals surface area contributed by atoms with E-state index in [9.17, 15) is 4.79 Å². The van der Waals surface area contributed by atoms with Gasteiger partial charge < -0.3 is 0 Å². The molecule has 1 N–H and O–H groups in total. The monoisotopic (exact) mass is 416 g/mol. The van der Waals surface area contributed by atoms with E-state index in [-0.39, 0.29) is 10.7 Å². The summed E-state index contributed by atoms with van der Waals surface area (Å²) in [4.78, 5) is 11.7. The summed E-state index contributed by atoms with van der Waals surface area (Å²) in [6.07, 6.45) is 0.709. The van der Waals surface area contributed by atoms with Gasteiger partial charge in [0.2, 0.25) is 11.9 Å². The van der Waals surface area contributed by atoms with Gasteiger partial charge in [0.1, 0.15) is 0 Å². The molecule has 1 heterocycles. The van der Waals surface area contributed by atoms with E-state index >= 15 is 0 Å². The number of carbonyl (C=O) groups excluding carboxylic acids is 1. The first-order valence-corrected chi connectivity index (χ1v) is 9.59. The molecule has 0 fully saturated rings. The fourth-order valence-electron chi connectivity index (χ4n) is 1.90. The molecule has 0 saturated carbocycles. The molecule has 0 saturated heterocycles. The van der Waals surface area contributed by atoms with Gasteiger partial charge in [0.25, 0.3) is 0 Å². The Kier molecular flexibility index (Phi) is 6.92. The molecule has 1 amide bonds. The quantitative estimate of drug-likeness (QED) is 0.537. The van der Waals surface area contributed by atoms with Gasteiger partial charge in [-0.05, 0) is 25.0 Å². The maximum atomic E-state index is 12.0. The van der Waals surface area contributed by atoms with Crippen LogP contribution in [-0.4, -0.2) is 25.5 Å². The summed E-state index contributed by atoms with van der Waals surface area (Å²) in [6, 6.07) is 7.72. The highest BCUT2D eigenvalue weighted by atomic mass is 79.9. The number of halogens is 2. The summed E-state index contributed by atoms with van der Waals surface area (Å²) in [6.45, 7) is 4.60. The van der Waals surface area contributed by atoms with Crippen LogP contribution in [0.15, 0.2) is 29.4 Å². The molecule has 124 valence electrons. The van der Waals surface area contributed by atoms with Crippen molar-refractivity contribution in [2.45, 2.75) is 42.5 Å². The van der Waals surface area contributed by atoms with E-state index in [1.54, 1.807) is 11.8 Å². The van der Waals surface area contributed by atoms with E-state index in [0.29, 0.717) is 24.7 Å². The molecule has 2 aromatic rings. The second-order valence-corrected chi connectivity index (χ2v) is 7.25. The van der Waals surface area contributed by atoms with Crippen LogP contribution in [0.3, 0.4) is 0 Å². The van der Waals surface area contributed by atoms with E-state index in [1.807, 2.05) is 42.7 Å². The minimum atomic E-state index is -0.233. The number of nitrogens with one attached hydrogen (secondary N) is 1. The van der Waals surface area contributed by atoms with Crippen molar-refractivity contribution in [1.29, 1.82) is 0 Å². The highest BCUT2D eigenvalue weighted by Crippen LogP contribution is 2.27. The normalized spacial score (nSPS) is 12.2. The van der Waals surface area contributed by atoms with Crippen molar-refractivity contribution in [3.05, 3.63) is 34.9 Å². The molecule has 2 rings (SSSR count).